The van der Waals surface area contributed by atoms with E-state index >= 15 is 0 Å². The zero-order chi connectivity index (χ0) is 15.1. The summed E-state index contributed by atoms with van der Waals surface area (Å²) in [6.07, 6.45) is 11.1. The molecule has 108 valence electrons. The van der Waals surface area contributed by atoms with Gasteiger partial charge in [0.2, 0.25) is 0 Å². The molecule has 0 saturated heterocycles. The molecule has 0 spiro atoms. The van der Waals surface area contributed by atoms with Crippen molar-refractivity contribution in [2.45, 2.75) is 53.4 Å². The van der Waals surface area contributed by atoms with Gasteiger partial charge in [0.05, 0.1) is 0 Å². The van der Waals surface area contributed by atoms with Crippen molar-refractivity contribution in [3.8, 4) is 0 Å². The molecule has 0 amide bonds. The number of hydrogen-bond donors (Lipinski definition) is 0. The zero-order valence-electron chi connectivity index (χ0n) is 13.8. The summed E-state index contributed by atoms with van der Waals surface area (Å²) in [6, 6.07) is 6.82. The van der Waals surface area contributed by atoms with E-state index in [0.717, 1.165) is 0 Å². The molecule has 1 atom stereocenters. The molecule has 0 aromatic heterocycles. The smallest absolute Gasteiger partial charge is 0.0207 e. The Hall–Kier alpha value is -1.56. The molecule has 0 bridgehead atoms. The monoisotopic (exact) mass is 268 g/mol. The van der Waals surface area contributed by atoms with Crippen molar-refractivity contribution in [3.63, 3.8) is 0 Å². The molecule has 1 aromatic carbocycles. The molecule has 20 heavy (non-hydrogen) atoms. The summed E-state index contributed by atoms with van der Waals surface area (Å²) in [5, 5.41) is 0. The van der Waals surface area contributed by atoms with Crippen molar-refractivity contribution >= 4 is 0 Å². The van der Waals surface area contributed by atoms with E-state index in [-0.39, 0.29) is 0 Å². The molecule has 2 rings (SSSR count). The lowest BCUT2D eigenvalue weighted by atomic mass is 9.87. The van der Waals surface area contributed by atoms with Gasteiger partial charge in [0.15, 0.2) is 0 Å². The van der Waals surface area contributed by atoms with Crippen LogP contribution in [0.1, 0.15) is 63.1 Å². The minimum absolute atomic E-state index is 0.400. The Morgan fingerprint density at radius 2 is 1.70 bits per heavy atom. The van der Waals surface area contributed by atoms with Gasteiger partial charge >= 0.3 is 0 Å². The van der Waals surface area contributed by atoms with Gasteiger partial charge < -0.3 is 0 Å². The van der Waals surface area contributed by atoms with Gasteiger partial charge in [-0.1, -0.05) is 87.4 Å². The third-order valence-electron chi connectivity index (χ3n) is 3.47. The van der Waals surface area contributed by atoms with Gasteiger partial charge in [-0.25, -0.2) is 0 Å². The lowest BCUT2D eigenvalue weighted by Crippen LogP contribution is -2.00. The Morgan fingerprint density at radius 3 is 2.35 bits per heavy atom. The van der Waals surface area contributed by atoms with Gasteiger partial charge in [0.1, 0.15) is 0 Å². The standard InChI is InChI=1S/C18H22.C2H6/c1-13(2)18-12-15(4)9-11-17(18)16-7-5-6-14(3)8-10-16;1-2/h5-13,16H,1-4H3;1-2H3. The molecule has 1 aliphatic rings. The van der Waals surface area contributed by atoms with Crippen LogP contribution in [0.25, 0.3) is 0 Å². The van der Waals surface area contributed by atoms with Crippen LogP contribution in [-0.2, 0) is 0 Å². The fourth-order valence-electron chi connectivity index (χ4n) is 2.41. The van der Waals surface area contributed by atoms with Crippen LogP contribution in [-0.4, -0.2) is 0 Å². The van der Waals surface area contributed by atoms with Crippen LogP contribution in [0.15, 0.2) is 54.2 Å². The maximum atomic E-state index is 2.33. The Balaban J connectivity index is 0.000000956. The number of benzene rings is 1. The van der Waals surface area contributed by atoms with E-state index < -0.39 is 0 Å². The van der Waals surface area contributed by atoms with Crippen LogP contribution < -0.4 is 0 Å². The molecule has 0 nitrogen and oxygen atoms in total. The van der Waals surface area contributed by atoms with Gasteiger partial charge in [0.25, 0.3) is 0 Å². The fraction of sp³-hybridized carbons (Fsp3) is 0.400. The molecule has 0 heteroatoms. The first-order valence-corrected chi connectivity index (χ1v) is 7.71. The molecule has 0 saturated carbocycles. The molecular weight excluding hydrogens is 240 g/mol. The van der Waals surface area contributed by atoms with Crippen LogP contribution in [0, 0.1) is 6.92 Å². The minimum atomic E-state index is 0.400. The van der Waals surface area contributed by atoms with Gasteiger partial charge in [-0.05, 0) is 30.9 Å². The third kappa shape index (κ3) is 4.23. The van der Waals surface area contributed by atoms with E-state index in [2.05, 4.69) is 76.3 Å². The highest BCUT2D eigenvalue weighted by Crippen LogP contribution is 2.30. The van der Waals surface area contributed by atoms with Gasteiger partial charge in [-0.2, -0.15) is 0 Å². The number of hydrogen-bond acceptors (Lipinski definition) is 0. The van der Waals surface area contributed by atoms with Crippen LogP contribution in [0.2, 0.25) is 0 Å². The van der Waals surface area contributed by atoms with Crippen molar-refractivity contribution < 1.29 is 0 Å². The van der Waals surface area contributed by atoms with Gasteiger partial charge in [0, 0.05) is 5.92 Å². The normalized spacial score (nSPS) is 17.4. The number of rotatable bonds is 2. The predicted octanol–water partition coefficient (Wildman–Crippen LogP) is 6.30. The van der Waals surface area contributed by atoms with Crippen LogP contribution in [0.3, 0.4) is 0 Å². The van der Waals surface area contributed by atoms with E-state index in [0.29, 0.717) is 11.8 Å². The Labute approximate surface area is 124 Å². The lowest BCUT2D eigenvalue weighted by Gasteiger charge is -2.17. The quantitative estimate of drug-likeness (QED) is 0.590. The minimum Gasteiger partial charge on any atom is -0.0732 e. The summed E-state index contributed by atoms with van der Waals surface area (Å²) in [5.74, 6) is 0.968. The van der Waals surface area contributed by atoms with Crippen molar-refractivity contribution in [3.05, 3.63) is 70.8 Å². The summed E-state index contributed by atoms with van der Waals surface area (Å²) in [4.78, 5) is 0. The molecular formula is C20H28. The second-order valence-electron chi connectivity index (χ2n) is 5.47. The second-order valence-corrected chi connectivity index (χ2v) is 5.47. The molecule has 1 unspecified atom stereocenters. The van der Waals surface area contributed by atoms with Crippen LogP contribution >= 0.6 is 0 Å². The molecule has 0 heterocycles. The van der Waals surface area contributed by atoms with Crippen molar-refractivity contribution in [2.75, 3.05) is 0 Å². The first-order chi connectivity index (χ1) is 9.58. The van der Waals surface area contributed by atoms with Crippen molar-refractivity contribution in [2.24, 2.45) is 0 Å². The first kappa shape index (κ1) is 16.5. The summed E-state index contributed by atoms with van der Waals surface area (Å²) in [5.41, 5.74) is 5.56. The average Bonchev–Trinajstić information content (AvgIpc) is 2.66. The third-order valence-corrected chi connectivity index (χ3v) is 3.47. The summed E-state index contributed by atoms with van der Waals surface area (Å²) >= 11 is 0. The van der Waals surface area contributed by atoms with E-state index in [1.807, 2.05) is 13.8 Å². The molecule has 1 aromatic rings. The average molecular weight is 268 g/mol. The molecule has 0 aliphatic heterocycles. The molecule has 0 fully saturated rings. The highest BCUT2D eigenvalue weighted by molar-refractivity contribution is 5.43. The van der Waals surface area contributed by atoms with E-state index in [1.165, 1.54) is 22.3 Å². The Kier molecular flexibility index (Phi) is 6.51. The highest BCUT2D eigenvalue weighted by atomic mass is 14.2. The predicted molar refractivity (Wildman–Crippen MR) is 91.4 cm³/mol. The van der Waals surface area contributed by atoms with E-state index in [1.54, 1.807) is 0 Å². The molecule has 0 radical (unpaired) electrons. The van der Waals surface area contributed by atoms with Gasteiger partial charge in [-0.15, -0.1) is 0 Å². The van der Waals surface area contributed by atoms with Crippen LogP contribution in [0.4, 0.5) is 0 Å². The second kappa shape index (κ2) is 7.89. The SMILES string of the molecule is CC.CC1=CC=CC(c2ccc(C)cc2C(C)C)C=C1. The lowest BCUT2D eigenvalue weighted by molar-refractivity contribution is 0.837. The fourth-order valence-corrected chi connectivity index (χ4v) is 2.41. The van der Waals surface area contributed by atoms with E-state index in [4.69, 9.17) is 0 Å². The number of aryl methyl sites for hydroxylation is 1. The maximum Gasteiger partial charge on any atom is 0.0207 e. The highest BCUT2D eigenvalue weighted by Gasteiger charge is 2.13. The maximum absolute atomic E-state index is 2.33. The molecule has 1 aliphatic carbocycles. The topological polar surface area (TPSA) is 0 Å². The summed E-state index contributed by atoms with van der Waals surface area (Å²) in [7, 11) is 0. The Bertz CT molecular complexity index is 513. The van der Waals surface area contributed by atoms with Crippen LogP contribution in [0.5, 0.6) is 0 Å². The number of allylic oxidation sites excluding steroid dienone is 6. The summed E-state index contributed by atoms with van der Waals surface area (Å²) in [6.45, 7) is 12.8. The zero-order valence-corrected chi connectivity index (χ0v) is 13.8. The first-order valence-electron chi connectivity index (χ1n) is 7.71. The largest absolute Gasteiger partial charge is 0.0732 e. The van der Waals surface area contributed by atoms with Crippen molar-refractivity contribution in [1.29, 1.82) is 0 Å². The molecule has 0 N–H and O–H groups in total. The Morgan fingerprint density at radius 1 is 1.00 bits per heavy atom. The summed E-state index contributed by atoms with van der Waals surface area (Å²) < 4.78 is 0. The van der Waals surface area contributed by atoms with Gasteiger partial charge in [-0.3, -0.25) is 0 Å². The van der Waals surface area contributed by atoms with Crippen molar-refractivity contribution in [1.82, 2.24) is 0 Å². The van der Waals surface area contributed by atoms with E-state index in [9.17, 15) is 0 Å².